The van der Waals surface area contributed by atoms with Crippen LogP contribution in [0.1, 0.15) is 0 Å². The van der Waals surface area contributed by atoms with Crippen molar-refractivity contribution in [2.45, 2.75) is 0 Å². The summed E-state index contributed by atoms with van der Waals surface area (Å²) in [6.45, 7) is 0. The number of nitrogens with zero attached hydrogens (tertiary/aromatic N) is 3. The Balaban J connectivity index is 2.62. The molecule has 82 valence electrons. The van der Waals surface area contributed by atoms with Crippen molar-refractivity contribution < 1.29 is 4.39 Å². The highest BCUT2D eigenvalue weighted by molar-refractivity contribution is 9.10. The first-order valence-corrected chi connectivity index (χ1v) is 5.64. The molecule has 0 spiro atoms. The molecular weight excluding hydrogens is 320 g/mol. The van der Waals surface area contributed by atoms with Crippen molar-refractivity contribution in [1.29, 1.82) is 0 Å². The molecule has 3 nitrogen and oxygen atoms in total. The lowest BCUT2D eigenvalue weighted by atomic mass is 10.3. The molecule has 0 amide bonds. The number of halogens is 4. The van der Waals surface area contributed by atoms with Crippen LogP contribution < -0.4 is 0 Å². The third-order valence-electron chi connectivity index (χ3n) is 1.74. The predicted octanol–water partition coefficient (Wildman–Crippen LogP) is 3.75. The minimum Gasteiger partial charge on any atom is -0.252 e. The molecule has 0 fully saturated rings. The van der Waals surface area contributed by atoms with Gasteiger partial charge >= 0.3 is 0 Å². The molecule has 0 aliphatic rings. The summed E-state index contributed by atoms with van der Waals surface area (Å²) in [4.78, 5) is 11.6. The summed E-state index contributed by atoms with van der Waals surface area (Å²) in [6.07, 6.45) is 1.56. The summed E-state index contributed by atoms with van der Waals surface area (Å²) in [5.41, 5.74) is 0.450. The van der Waals surface area contributed by atoms with Crippen LogP contribution in [-0.2, 0) is 0 Å². The van der Waals surface area contributed by atoms with Gasteiger partial charge in [-0.3, -0.25) is 4.98 Å². The third kappa shape index (κ3) is 2.16. The Bertz CT molecular complexity index is 527. The average molecular weight is 323 g/mol. The van der Waals surface area contributed by atoms with Crippen molar-refractivity contribution in [3.63, 3.8) is 0 Å². The second kappa shape index (κ2) is 4.61. The van der Waals surface area contributed by atoms with E-state index in [1.807, 2.05) is 0 Å². The average Bonchev–Trinajstić information content (AvgIpc) is 2.26. The molecule has 0 saturated carbocycles. The molecule has 0 N–H and O–H groups in total. The first-order valence-electron chi connectivity index (χ1n) is 4.09. The van der Waals surface area contributed by atoms with Crippen LogP contribution in [0.3, 0.4) is 0 Å². The molecule has 0 atom stereocenters. The Morgan fingerprint density at radius 2 is 1.81 bits per heavy atom. The van der Waals surface area contributed by atoms with E-state index in [0.717, 1.165) is 0 Å². The molecule has 0 radical (unpaired) electrons. The Hall–Kier alpha value is -0.780. The fourth-order valence-electron chi connectivity index (χ4n) is 1.05. The highest BCUT2D eigenvalue weighted by Gasteiger charge is 2.14. The van der Waals surface area contributed by atoms with Gasteiger partial charge in [0.25, 0.3) is 0 Å². The smallest absolute Gasteiger partial charge is 0.197 e. The largest absolute Gasteiger partial charge is 0.252 e. The second-order valence-corrected chi connectivity index (χ2v) is 4.35. The van der Waals surface area contributed by atoms with Crippen LogP contribution in [0.4, 0.5) is 4.39 Å². The molecule has 16 heavy (non-hydrogen) atoms. The maximum atomic E-state index is 13.1. The van der Waals surface area contributed by atoms with Crippen molar-refractivity contribution in [2.24, 2.45) is 0 Å². The topological polar surface area (TPSA) is 38.7 Å². The lowest BCUT2D eigenvalue weighted by Gasteiger charge is -2.03. The van der Waals surface area contributed by atoms with Crippen LogP contribution in [0.5, 0.6) is 0 Å². The summed E-state index contributed by atoms with van der Waals surface area (Å²) >= 11 is 14.4. The van der Waals surface area contributed by atoms with Gasteiger partial charge in [0.2, 0.25) is 0 Å². The highest BCUT2D eigenvalue weighted by Crippen LogP contribution is 2.27. The Labute approximate surface area is 109 Å². The lowest BCUT2D eigenvalue weighted by molar-refractivity contribution is 0.615. The lowest BCUT2D eigenvalue weighted by Crippen LogP contribution is -1.96. The SMILES string of the molecule is Fc1c(Cl)nc(-c2ncccc2Br)nc1Cl. The van der Waals surface area contributed by atoms with Crippen LogP contribution in [0.25, 0.3) is 11.5 Å². The van der Waals surface area contributed by atoms with E-state index in [1.54, 1.807) is 18.3 Å². The Morgan fingerprint density at radius 1 is 1.19 bits per heavy atom. The van der Waals surface area contributed by atoms with E-state index in [9.17, 15) is 4.39 Å². The summed E-state index contributed by atoms with van der Waals surface area (Å²) in [5, 5.41) is -0.653. The maximum Gasteiger partial charge on any atom is 0.197 e. The van der Waals surface area contributed by atoms with Gasteiger partial charge in [0.05, 0.1) is 0 Å². The van der Waals surface area contributed by atoms with E-state index in [1.165, 1.54) is 0 Å². The summed E-state index contributed by atoms with van der Waals surface area (Å²) in [6, 6.07) is 3.50. The highest BCUT2D eigenvalue weighted by atomic mass is 79.9. The van der Waals surface area contributed by atoms with Gasteiger partial charge in [0.1, 0.15) is 5.69 Å². The summed E-state index contributed by atoms with van der Waals surface area (Å²) in [7, 11) is 0. The second-order valence-electron chi connectivity index (χ2n) is 2.78. The molecular formula is C9H3BrCl2FN3. The number of hydrogen-bond acceptors (Lipinski definition) is 3. The minimum atomic E-state index is -0.834. The van der Waals surface area contributed by atoms with Crippen LogP contribution in [-0.4, -0.2) is 15.0 Å². The number of rotatable bonds is 1. The molecule has 0 saturated heterocycles. The van der Waals surface area contributed by atoms with E-state index in [0.29, 0.717) is 10.2 Å². The first kappa shape index (κ1) is 11.7. The van der Waals surface area contributed by atoms with Crippen LogP contribution in [0, 0.1) is 5.82 Å². The quantitative estimate of drug-likeness (QED) is 0.751. The molecule has 2 aromatic heterocycles. The molecule has 0 unspecified atom stereocenters. The van der Waals surface area contributed by atoms with Crippen molar-refractivity contribution in [3.05, 3.63) is 38.9 Å². The minimum absolute atomic E-state index is 0.170. The van der Waals surface area contributed by atoms with E-state index in [4.69, 9.17) is 23.2 Å². The molecule has 2 heterocycles. The zero-order valence-corrected chi connectivity index (χ0v) is 10.7. The molecule has 7 heteroatoms. The van der Waals surface area contributed by atoms with E-state index in [-0.39, 0.29) is 16.1 Å². The standard InChI is InChI=1S/C9H3BrCl2FN3/c10-4-2-1-3-14-6(4)9-15-7(11)5(13)8(12)16-9/h1-3H. The zero-order chi connectivity index (χ0) is 11.7. The molecule has 2 rings (SSSR count). The van der Waals surface area contributed by atoms with Crippen molar-refractivity contribution in [1.82, 2.24) is 15.0 Å². The number of pyridine rings is 1. The van der Waals surface area contributed by atoms with Gasteiger partial charge in [0.15, 0.2) is 21.9 Å². The van der Waals surface area contributed by atoms with Crippen molar-refractivity contribution >= 4 is 39.1 Å². The number of aromatic nitrogens is 3. The first-order chi connectivity index (χ1) is 7.59. The molecule has 2 aromatic rings. The molecule has 0 aliphatic carbocycles. The zero-order valence-electron chi connectivity index (χ0n) is 7.59. The molecule has 0 aromatic carbocycles. The van der Waals surface area contributed by atoms with E-state index < -0.39 is 5.82 Å². The van der Waals surface area contributed by atoms with Crippen molar-refractivity contribution in [3.8, 4) is 11.5 Å². The van der Waals surface area contributed by atoms with E-state index in [2.05, 4.69) is 30.9 Å². The van der Waals surface area contributed by atoms with Crippen molar-refractivity contribution in [2.75, 3.05) is 0 Å². The van der Waals surface area contributed by atoms with E-state index >= 15 is 0 Å². The predicted molar refractivity (Wildman–Crippen MR) is 62.9 cm³/mol. The fourth-order valence-corrected chi connectivity index (χ4v) is 1.87. The van der Waals surface area contributed by atoms with Gasteiger partial charge in [-0.05, 0) is 28.1 Å². The normalized spacial score (nSPS) is 10.5. The Kier molecular flexibility index (Phi) is 3.37. The van der Waals surface area contributed by atoms with Gasteiger partial charge < -0.3 is 0 Å². The summed E-state index contributed by atoms with van der Waals surface area (Å²) in [5.74, 6) is -0.664. The van der Waals surface area contributed by atoms with Gasteiger partial charge in [-0.2, -0.15) is 0 Å². The number of hydrogen-bond donors (Lipinski definition) is 0. The van der Waals surface area contributed by atoms with Crippen LogP contribution in [0.15, 0.2) is 22.8 Å². The molecule has 0 aliphatic heterocycles. The van der Waals surface area contributed by atoms with Crippen LogP contribution in [0.2, 0.25) is 10.3 Å². The Morgan fingerprint density at radius 3 is 2.38 bits per heavy atom. The molecule has 0 bridgehead atoms. The monoisotopic (exact) mass is 321 g/mol. The van der Waals surface area contributed by atoms with Crippen LogP contribution >= 0.6 is 39.1 Å². The van der Waals surface area contributed by atoms with Gasteiger partial charge in [-0.1, -0.05) is 23.2 Å². The van der Waals surface area contributed by atoms with Gasteiger partial charge in [0, 0.05) is 10.7 Å². The fraction of sp³-hybridized carbons (Fsp3) is 0. The van der Waals surface area contributed by atoms with Gasteiger partial charge in [-0.25, -0.2) is 14.4 Å². The van der Waals surface area contributed by atoms with Gasteiger partial charge in [-0.15, -0.1) is 0 Å². The maximum absolute atomic E-state index is 13.1. The third-order valence-corrected chi connectivity index (χ3v) is 2.88. The summed E-state index contributed by atoms with van der Waals surface area (Å²) < 4.78 is 13.8.